The molecular formula is C31H51NO. The summed E-state index contributed by atoms with van der Waals surface area (Å²) in [7, 11) is 0. The van der Waals surface area contributed by atoms with E-state index >= 15 is 0 Å². The van der Waals surface area contributed by atoms with Crippen LogP contribution in [-0.2, 0) is 5.41 Å². The maximum atomic E-state index is 6.97. The van der Waals surface area contributed by atoms with Gasteiger partial charge in [0.05, 0.1) is 0 Å². The van der Waals surface area contributed by atoms with Gasteiger partial charge < -0.3 is 11.2 Å². The highest BCUT2D eigenvalue weighted by atomic mass is 16.0. The summed E-state index contributed by atoms with van der Waals surface area (Å²) in [6.07, 6.45) is 20.2. The second kappa shape index (κ2) is 17.8. The lowest BCUT2D eigenvalue weighted by molar-refractivity contribution is 0.363. The molecule has 0 heterocycles. The molecule has 2 rings (SSSR count). The van der Waals surface area contributed by atoms with Crippen LogP contribution in [0.3, 0.4) is 0 Å². The van der Waals surface area contributed by atoms with Gasteiger partial charge in [-0.1, -0.05) is 158 Å². The number of hydrogen-bond donors (Lipinski definition) is 1. The van der Waals surface area contributed by atoms with Crippen LogP contribution in [0.4, 0.5) is 0 Å². The van der Waals surface area contributed by atoms with Gasteiger partial charge in [0.15, 0.2) is 0 Å². The summed E-state index contributed by atoms with van der Waals surface area (Å²) in [4.78, 5) is 0. The van der Waals surface area contributed by atoms with Crippen molar-refractivity contribution in [3.63, 3.8) is 0 Å². The highest BCUT2D eigenvalue weighted by molar-refractivity contribution is 5.41. The van der Waals surface area contributed by atoms with Crippen molar-refractivity contribution in [2.45, 2.75) is 122 Å². The number of benzene rings is 2. The molecular weight excluding hydrogens is 402 g/mol. The van der Waals surface area contributed by atoms with Gasteiger partial charge >= 0.3 is 0 Å². The molecule has 0 bridgehead atoms. The van der Waals surface area contributed by atoms with E-state index in [1.165, 1.54) is 94.6 Å². The van der Waals surface area contributed by atoms with Crippen LogP contribution in [0.1, 0.15) is 121 Å². The van der Waals surface area contributed by atoms with Gasteiger partial charge in [-0.05, 0) is 24.0 Å². The zero-order valence-electron chi connectivity index (χ0n) is 21.5. The van der Waals surface area contributed by atoms with Crippen molar-refractivity contribution in [2.24, 2.45) is 5.73 Å². The lowest BCUT2D eigenvalue weighted by Crippen LogP contribution is -2.46. The molecule has 0 fully saturated rings. The van der Waals surface area contributed by atoms with Gasteiger partial charge in [-0.3, -0.25) is 0 Å². The first kappa shape index (κ1) is 29.4. The average molecular weight is 454 g/mol. The number of unbranched alkanes of at least 4 members (excludes halogenated alkanes) is 12. The van der Waals surface area contributed by atoms with E-state index in [9.17, 15) is 0 Å². The average Bonchev–Trinajstić information content (AvgIpc) is 2.84. The summed E-state index contributed by atoms with van der Waals surface area (Å²) >= 11 is 0. The van der Waals surface area contributed by atoms with Crippen LogP contribution in [-0.4, -0.2) is 11.5 Å². The van der Waals surface area contributed by atoms with Crippen molar-refractivity contribution < 1.29 is 5.48 Å². The number of hydrogen-bond acceptors (Lipinski definition) is 1. The molecule has 0 saturated heterocycles. The van der Waals surface area contributed by atoms with Crippen molar-refractivity contribution in [2.75, 3.05) is 0 Å². The van der Waals surface area contributed by atoms with Crippen LogP contribution in [0.15, 0.2) is 60.7 Å². The molecule has 0 aromatic heterocycles. The van der Waals surface area contributed by atoms with E-state index < -0.39 is 0 Å². The summed E-state index contributed by atoms with van der Waals surface area (Å²) in [5.74, 6) is 0. The van der Waals surface area contributed by atoms with Gasteiger partial charge in [-0.15, -0.1) is 0 Å². The Kier molecular flexibility index (Phi) is 15.8. The molecule has 4 N–H and O–H groups in total. The molecule has 186 valence electrons. The molecule has 2 aromatic carbocycles. The predicted octanol–water partition coefficient (Wildman–Crippen LogP) is 8.37. The highest BCUT2D eigenvalue weighted by Crippen LogP contribution is 2.39. The van der Waals surface area contributed by atoms with Crippen molar-refractivity contribution in [1.29, 1.82) is 0 Å². The quantitative estimate of drug-likeness (QED) is 0.226. The summed E-state index contributed by atoms with van der Waals surface area (Å²) in [6, 6.07) is 22.0. The monoisotopic (exact) mass is 453 g/mol. The zero-order chi connectivity index (χ0) is 22.9. The van der Waals surface area contributed by atoms with Gasteiger partial charge in [-0.25, -0.2) is 0 Å². The Morgan fingerprint density at radius 2 is 0.939 bits per heavy atom. The van der Waals surface area contributed by atoms with Crippen LogP contribution in [0.25, 0.3) is 0 Å². The minimum Gasteiger partial charge on any atom is -0.412 e. The van der Waals surface area contributed by atoms with E-state index in [0.717, 1.165) is 12.8 Å². The van der Waals surface area contributed by atoms with Gasteiger partial charge in [0.1, 0.15) is 0 Å². The summed E-state index contributed by atoms with van der Waals surface area (Å²) in [5.41, 5.74) is 9.58. The van der Waals surface area contributed by atoms with Crippen LogP contribution >= 0.6 is 0 Å². The third-order valence-corrected chi connectivity index (χ3v) is 7.39. The molecule has 0 amide bonds. The molecule has 0 radical (unpaired) electrons. The Balaban J connectivity index is 0.00000544. The molecule has 2 nitrogen and oxygen atoms in total. The molecule has 0 spiro atoms. The molecule has 1 atom stereocenters. The topological polar surface area (TPSA) is 57.5 Å². The van der Waals surface area contributed by atoms with E-state index in [4.69, 9.17) is 5.73 Å². The first-order chi connectivity index (χ1) is 15.8. The first-order valence-corrected chi connectivity index (χ1v) is 13.6. The zero-order valence-corrected chi connectivity index (χ0v) is 21.5. The Bertz CT molecular complexity index is 645. The molecule has 33 heavy (non-hydrogen) atoms. The number of rotatable bonds is 18. The highest BCUT2D eigenvalue weighted by Gasteiger charge is 2.38. The van der Waals surface area contributed by atoms with E-state index in [2.05, 4.69) is 74.5 Å². The maximum absolute atomic E-state index is 6.97. The van der Waals surface area contributed by atoms with Crippen molar-refractivity contribution in [1.82, 2.24) is 0 Å². The Labute approximate surface area is 204 Å². The van der Waals surface area contributed by atoms with Crippen molar-refractivity contribution in [3.8, 4) is 0 Å². The Morgan fingerprint density at radius 3 is 1.30 bits per heavy atom. The summed E-state index contributed by atoms with van der Waals surface area (Å²) in [6.45, 7) is 4.59. The fourth-order valence-electron chi connectivity index (χ4n) is 5.36. The third-order valence-electron chi connectivity index (χ3n) is 7.39. The second-order valence-corrected chi connectivity index (χ2v) is 9.69. The van der Waals surface area contributed by atoms with E-state index in [0.29, 0.717) is 0 Å². The van der Waals surface area contributed by atoms with Crippen molar-refractivity contribution >= 4 is 0 Å². The van der Waals surface area contributed by atoms with Gasteiger partial charge in [-0.2, -0.15) is 0 Å². The van der Waals surface area contributed by atoms with Gasteiger partial charge in [0, 0.05) is 11.5 Å². The predicted molar refractivity (Wildman–Crippen MR) is 146 cm³/mol. The minimum absolute atomic E-state index is 0. The van der Waals surface area contributed by atoms with E-state index in [1.807, 2.05) is 0 Å². The molecule has 1 unspecified atom stereocenters. The van der Waals surface area contributed by atoms with Crippen molar-refractivity contribution in [3.05, 3.63) is 71.8 Å². The normalized spacial score (nSPS) is 12.3. The largest absolute Gasteiger partial charge is 0.412 e. The molecule has 0 aliphatic heterocycles. The van der Waals surface area contributed by atoms with Crippen LogP contribution in [0.5, 0.6) is 0 Å². The lowest BCUT2D eigenvalue weighted by Gasteiger charge is -2.40. The lowest BCUT2D eigenvalue weighted by atomic mass is 9.66. The van der Waals surface area contributed by atoms with E-state index in [1.54, 1.807) is 0 Å². The first-order valence-electron chi connectivity index (χ1n) is 13.6. The van der Waals surface area contributed by atoms with Crippen LogP contribution < -0.4 is 5.73 Å². The van der Waals surface area contributed by atoms with Gasteiger partial charge in [0.25, 0.3) is 0 Å². The smallest absolute Gasteiger partial charge is 0.0351 e. The minimum atomic E-state index is -0.0976. The van der Waals surface area contributed by atoms with Gasteiger partial charge in [0.2, 0.25) is 0 Å². The summed E-state index contributed by atoms with van der Waals surface area (Å²) < 4.78 is 0. The summed E-state index contributed by atoms with van der Waals surface area (Å²) in [5, 5.41) is 0. The maximum Gasteiger partial charge on any atom is 0.0351 e. The molecule has 0 aliphatic carbocycles. The molecule has 0 aliphatic rings. The van der Waals surface area contributed by atoms with Crippen LogP contribution in [0.2, 0.25) is 0 Å². The Morgan fingerprint density at radius 1 is 0.576 bits per heavy atom. The molecule has 2 aromatic rings. The third kappa shape index (κ3) is 9.63. The van der Waals surface area contributed by atoms with Crippen LogP contribution in [0, 0.1) is 0 Å². The SMILES string of the molecule is CCCCCCCCCCCCCCCC(N)C(CC)(c1ccccc1)c1ccccc1.O. The fraction of sp³-hybridized carbons (Fsp3) is 0.613. The second-order valence-electron chi connectivity index (χ2n) is 9.69. The standard InChI is InChI=1S/C31H49N.H2O/c1-3-5-6-7-8-9-10-11-12-13-14-15-22-27-30(32)31(4-2,28-23-18-16-19-24-28)29-25-20-17-21-26-29;/h16-21,23-26,30H,3-15,22,27,32H2,1-2H3;1H2. The fourth-order valence-corrected chi connectivity index (χ4v) is 5.36. The molecule has 2 heteroatoms. The Hall–Kier alpha value is -1.64. The van der Waals surface area contributed by atoms with E-state index in [-0.39, 0.29) is 16.9 Å². The number of nitrogens with two attached hydrogens (primary N) is 1. The molecule has 0 saturated carbocycles.